The van der Waals surface area contributed by atoms with E-state index in [4.69, 9.17) is 14.7 Å². The number of ether oxygens (including phenoxy) is 2. The van der Waals surface area contributed by atoms with Crippen molar-refractivity contribution in [2.75, 3.05) is 18.1 Å². The normalized spacial score (nSPS) is 11.2. The van der Waals surface area contributed by atoms with Gasteiger partial charge in [-0.2, -0.15) is 5.26 Å². The molecule has 0 bridgehead atoms. The molecule has 0 fully saturated rings. The largest absolute Gasteiger partial charge is 0.479 e. The molecule has 1 unspecified atom stereocenters. The molecule has 146 valence electrons. The Kier molecular flexibility index (Phi) is 7.96. The number of esters is 1. The topological polar surface area (TPSA) is 79.6 Å². The molecule has 0 heterocycles. The van der Waals surface area contributed by atoms with Gasteiger partial charge in [0.05, 0.1) is 12.5 Å². The fourth-order valence-electron chi connectivity index (χ4n) is 2.37. The summed E-state index contributed by atoms with van der Waals surface area (Å²) in [7, 11) is 0. The lowest BCUT2D eigenvalue weighted by atomic mass is 10.2. The average Bonchev–Trinajstić information content (AvgIpc) is 2.68. The Hall–Kier alpha value is -2.92. The molecule has 0 aliphatic rings. The van der Waals surface area contributed by atoms with E-state index in [2.05, 4.69) is 15.9 Å². The molecule has 0 aromatic heterocycles. The van der Waals surface area contributed by atoms with E-state index in [0.717, 1.165) is 0 Å². The number of halogens is 2. The smallest absolute Gasteiger partial charge is 0.344 e. The maximum absolute atomic E-state index is 13.7. The molecule has 6 nitrogen and oxygen atoms in total. The van der Waals surface area contributed by atoms with Crippen LogP contribution < -0.4 is 9.64 Å². The summed E-state index contributed by atoms with van der Waals surface area (Å²) in [6.45, 7) is 1.06. The van der Waals surface area contributed by atoms with Crippen LogP contribution in [0.15, 0.2) is 53.0 Å². The summed E-state index contributed by atoms with van der Waals surface area (Å²) in [6, 6.07) is 14.9. The molecule has 0 radical (unpaired) electrons. The summed E-state index contributed by atoms with van der Waals surface area (Å²) < 4.78 is 24.5. The van der Waals surface area contributed by atoms with Crippen LogP contribution in [0.4, 0.5) is 10.1 Å². The molecule has 2 aromatic carbocycles. The molecule has 28 heavy (non-hydrogen) atoms. The zero-order valence-electron chi connectivity index (χ0n) is 15.1. The van der Waals surface area contributed by atoms with Gasteiger partial charge in [0.15, 0.2) is 24.3 Å². The minimum Gasteiger partial charge on any atom is -0.479 e. The van der Waals surface area contributed by atoms with Gasteiger partial charge in [0.1, 0.15) is 0 Å². The minimum atomic E-state index is -1.09. The van der Waals surface area contributed by atoms with Crippen molar-refractivity contribution in [1.29, 1.82) is 5.26 Å². The van der Waals surface area contributed by atoms with Crippen LogP contribution in [0.25, 0.3) is 0 Å². The molecule has 1 atom stereocenters. The number of carbonyl (C=O) groups is 2. The zero-order valence-corrected chi connectivity index (χ0v) is 16.7. The van der Waals surface area contributed by atoms with Crippen LogP contribution in [-0.4, -0.2) is 31.1 Å². The van der Waals surface area contributed by atoms with Crippen molar-refractivity contribution in [2.45, 2.75) is 19.4 Å². The van der Waals surface area contributed by atoms with E-state index in [-0.39, 0.29) is 18.7 Å². The number of hydrogen-bond acceptors (Lipinski definition) is 5. The number of carbonyl (C=O) groups excluding carboxylic acids is 2. The lowest BCUT2D eigenvalue weighted by molar-refractivity contribution is -0.155. The highest BCUT2D eigenvalue weighted by Crippen LogP contribution is 2.21. The summed E-state index contributed by atoms with van der Waals surface area (Å²) >= 11 is 3.13. The quantitative estimate of drug-likeness (QED) is 0.573. The van der Waals surface area contributed by atoms with Crippen molar-refractivity contribution in [3.8, 4) is 11.8 Å². The van der Waals surface area contributed by atoms with E-state index in [1.807, 2.05) is 6.07 Å². The third kappa shape index (κ3) is 6.06. The lowest BCUT2D eigenvalue weighted by Gasteiger charge is -2.25. The third-order valence-electron chi connectivity index (χ3n) is 3.68. The van der Waals surface area contributed by atoms with Gasteiger partial charge in [-0.3, -0.25) is 4.79 Å². The standard InChI is InChI=1S/C20H18BrFN2O4/c1-14(20(26)24(11-5-10-23)16-6-3-2-4-7-16)28-19(25)13-27-18-9-8-15(21)12-17(18)22/h2-4,6-9,12,14H,5,11,13H2,1H3. The monoisotopic (exact) mass is 448 g/mol. The first-order chi connectivity index (χ1) is 13.4. The highest BCUT2D eigenvalue weighted by Gasteiger charge is 2.25. The second kappa shape index (κ2) is 10.4. The summed E-state index contributed by atoms with van der Waals surface area (Å²) in [5, 5.41) is 8.82. The first-order valence-corrected chi connectivity index (χ1v) is 9.22. The molecule has 0 aliphatic carbocycles. The summed E-state index contributed by atoms with van der Waals surface area (Å²) in [4.78, 5) is 26.1. The molecule has 1 amide bonds. The summed E-state index contributed by atoms with van der Waals surface area (Å²) in [5.41, 5.74) is 0.596. The Morgan fingerprint density at radius 1 is 1.25 bits per heavy atom. The van der Waals surface area contributed by atoms with Gasteiger partial charge in [0.25, 0.3) is 5.91 Å². The molecule has 0 saturated heterocycles. The maximum Gasteiger partial charge on any atom is 0.344 e. The van der Waals surface area contributed by atoms with Crippen LogP contribution in [0.3, 0.4) is 0 Å². The second-order valence-corrected chi connectivity index (χ2v) is 6.64. The van der Waals surface area contributed by atoms with Crippen LogP contribution in [0.1, 0.15) is 13.3 Å². The van der Waals surface area contributed by atoms with Gasteiger partial charge < -0.3 is 14.4 Å². The van der Waals surface area contributed by atoms with Gasteiger partial charge >= 0.3 is 5.97 Å². The predicted octanol–water partition coefficient (Wildman–Crippen LogP) is 3.85. The number of benzene rings is 2. The molecular weight excluding hydrogens is 431 g/mol. The fraction of sp³-hybridized carbons (Fsp3) is 0.250. The number of para-hydroxylation sites is 1. The van der Waals surface area contributed by atoms with Gasteiger partial charge in [0.2, 0.25) is 0 Å². The zero-order chi connectivity index (χ0) is 20.5. The third-order valence-corrected chi connectivity index (χ3v) is 4.17. The number of amides is 1. The fourth-order valence-corrected chi connectivity index (χ4v) is 2.70. The van der Waals surface area contributed by atoms with Crippen molar-refractivity contribution in [2.24, 2.45) is 0 Å². The van der Waals surface area contributed by atoms with E-state index in [0.29, 0.717) is 10.2 Å². The van der Waals surface area contributed by atoms with Crippen LogP contribution in [-0.2, 0) is 14.3 Å². The number of rotatable bonds is 8. The Morgan fingerprint density at radius 3 is 2.61 bits per heavy atom. The Balaban J connectivity index is 1.97. The Morgan fingerprint density at radius 2 is 1.96 bits per heavy atom. The SMILES string of the molecule is CC(OC(=O)COc1ccc(Br)cc1F)C(=O)N(CCC#N)c1ccccc1. The number of nitriles is 1. The number of nitrogens with zero attached hydrogens (tertiary/aromatic N) is 2. The van der Waals surface area contributed by atoms with Gasteiger partial charge in [-0.25, -0.2) is 9.18 Å². The molecular formula is C20H18BrFN2O4. The molecule has 0 spiro atoms. The Labute approximate surface area is 170 Å². The molecule has 2 aromatic rings. The maximum atomic E-state index is 13.7. The van der Waals surface area contributed by atoms with E-state index in [1.54, 1.807) is 36.4 Å². The molecule has 0 N–H and O–H groups in total. The van der Waals surface area contributed by atoms with E-state index in [9.17, 15) is 14.0 Å². The van der Waals surface area contributed by atoms with Gasteiger partial charge in [-0.1, -0.05) is 34.1 Å². The van der Waals surface area contributed by atoms with Gasteiger partial charge in [-0.15, -0.1) is 0 Å². The van der Waals surface area contributed by atoms with Crippen LogP contribution in [0, 0.1) is 17.1 Å². The lowest BCUT2D eigenvalue weighted by Crippen LogP contribution is -2.41. The van der Waals surface area contributed by atoms with Gasteiger partial charge in [0, 0.05) is 16.7 Å². The van der Waals surface area contributed by atoms with Crippen LogP contribution in [0.2, 0.25) is 0 Å². The highest BCUT2D eigenvalue weighted by molar-refractivity contribution is 9.10. The van der Waals surface area contributed by atoms with E-state index in [1.165, 1.54) is 24.0 Å². The molecule has 2 rings (SSSR count). The van der Waals surface area contributed by atoms with Crippen LogP contribution >= 0.6 is 15.9 Å². The number of hydrogen-bond donors (Lipinski definition) is 0. The van der Waals surface area contributed by atoms with Crippen molar-refractivity contribution in [1.82, 2.24) is 0 Å². The second-order valence-electron chi connectivity index (χ2n) is 5.73. The number of anilines is 1. The first-order valence-electron chi connectivity index (χ1n) is 8.43. The first kappa shape index (κ1) is 21.4. The molecule has 0 saturated carbocycles. The van der Waals surface area contributed by atoms with Crippen molar-refractivity contribution in [3.63, 3.8) is 0 Å². The molecule has 0 aliphatic heterocycles. The highest BCUT2D eigenvalue weighted by atomic mass is 79.9. The average molecular weight is 449 g/mol. The van der Waals surface area contributed by atoms with E-state index >= 15 is 0 Å². The minimum absolute atomic E-state index is 0.0981. The van der Waals surface area contributed by atoms with Crippen LogP contribution in [0.5, 0.6) is 5.75 Å². The summed E-state index contributed by atoms with van der Waals surface area (Å²) in [5.74, 6) is -2.00. The van der Waals surface area contributed by atoms with Crippen molar-refractivity contribution >= 4 is 33.5 Å². The van der Waals surface area contributed by atoms with Crippen molar-refractivity contribution in [3.05, 3.63) is 58.8 Å². The Bertz CT molecular complexity index is 870. The predicted molar refractivity (Wildman–Crippen MR) is 104 cm³/mol. The molecule has 8 heteroatoms. The van der Waals surface area contributed by atoms with Crippen molar-refractivity contribution < 1.29 is 23.5 Å². The summed E-state index contributed by atoms with van der Waals surface area (Å²) in [6.07, 6.45) is -0.961. The van der Waals surface area contributed by atoms with E-state index < -0.39 is 30.4 Å². The van der Waals surface area contributed by atoms with Gasteiger partial charge in [-0.05, 0) is 37.3 Å².